The molecule has 0 spiro atoms. The van der Waals surface area contributed by atoms with Crippen LogP contribution in [0, 0.1) is 0 Å². The number of rotatable bonds is 0. The molecule has 0 aromatic carbocycles. The van der Waals surface area contributed by atoms with Crippen LogP contribution in [0.25, 0.3) is 0 Å². The first-order valence-corrected chi connectivity index (χ1v) is 2.10. The lowest BCUT2D eigenvalue weighted by molar-refractivity contribution is 0.381. The van der Waals surface area contributed by atoms with E-state index in [1.54, 1.807) is 0 Å². The molecule has 0 aromatic rings. The van der Waals surface area contributed by atoms with Gasteiger partial charge >= 0.3 is 10.4 Å². The Labute approximate surface area is 70.6 Å². The van der Waals surface area contributed by atoms with Gasteiger partial charge in [0.15, 0.2) is 0 Å². The lowest BCUT2D eigenvalue weighted by Crippen LogP contribution is -1.89. The van der Waals surface area contributed by atoms with E-state index in [4.69, 9.17) is 17.5 Å². The van der Waals surface area contributed by atoms with Gasteiger partial charge < -0.3 is 18.5 Å². The van der Waals surface area contributed by atoms with Crippen LogP contribution in [0.15, 0.2) is 0 Å². The third-order valence-corrected chi connectivity index (χ3v) is 0. The molecule has 0 aliphatic heterocycles. The summed E-state index contributed by atoms with van der Waals surface area (Å²) in [4.78, 5) is 0. The summed E-state index contributed by atoms with van der Waals surface area (Å²) in [6.45, 7) is 0. The first-order chi connectivity index (χ1) is 2.00. The van der Waals surface area contributed by atoms with E-state index in [1.165, 1.54) is 0 Å². The molecule has 0 bridgehead atoms. The highest BCUT2D eigenvalue weighted by Crippen LogP contribution is 1.59. The maximum absolute atomic E-state index is 8.74. The van der Waals surface area contributed by atoms with Gasteiger partial charge in [-0.3, -0.25) is 9.11 Å². The highest BCUT2D eigenvalue weighted by Gasteiger charge is 1.84. The summed E-state index contributed by atoms with van der Waals surface area (Å²) in [5.41, 5.74) is 0. The topological polar surface area (TPSA) is 180 Å². The van der Waals surface area contributed by atoms with E-state index >= 15 is 0 Å². The Hall–Kier alpha value is 0.480. The van der Waals surface area contributed by atoms with Crippen molar-refractivity contribution >= 4 is 34.4 Å². The average Bonchev–Trinajstić information content (AvgIpc) is 0.722. The van der Waals surface area contributed by atoms with Gasteiger partial charge in [0.05, 0.1) is 0 Å². The van der Waals surface area contributed by atoms with Crippen LogP contribution in [-0.4, -0.2) is 17.5 Å². The molecule has 0 unspecified atom stereocenters. The summed E-state index contributed by atoms with van der Waals surface area (Å²) < 4.78 is 31.6. The Morgan fingerprint density at radius 1 is 0.889 bits per heavy atom. The monoisotopic (exact) mass is 277 g/mol. The van der Waals surface area contributed by atoms with Gasteiger partial charge in [-0.25, -0.2) is 0 Å². The third-order valence-electron chi connectivity index (χ3n) is 0. The fourth-order valence-corrected chi connectivity index (χ4v) is 0. The normalized spacial score (nSPS) is 6.44. The van der Waals surface area contributed by atoms with Gasteiger partial charge in [-0.1, -0.05) is 0 Å². The number of hydrogen-bond acceptors (Lipinski definition) is 5. The Balaban J connectivity index is -0.0000000133. The Morgan fingerprint density at radius 3 is 0.889 bits per heavy atom. The molecule has 0 rings (SSSR count). The van der Waals surface area contributed by atoms with Crippen molar-refractivity contribution < 1.29 is 17.5 Å². The molecule has 0 aromatic heterocycles. The summed E-state index contributed by atoms with van der Waals surface area (Å²) in [6.07, 6.45) is 0. The van der Waals surface area contributed by atoms with Gasteiger partial charge in [-0.15, -0.1) is 24.0 Å². The second kappa shape index (κ2) is 11.3. The van der Waals surface area contributed by atoms with Crippen LogP contribution in [-0.2, 0) is 10.4 Å². The molecule has 0 heterocycles. The zero-order valence-corrected chi connectivity index (χ0v) is 7.80. The van der Waals surface area contributed by atoms with Crippen LogP contribution in [0.5, 0.6) is 0 Å². The minimum atomic E-state index is -4.67. The molecule has 64 valence electrons. The third kappa shape index (κ3) is 1550. The Kier molecular flexibility index (Phi) is 42.6. The van der Waals surface area contributed by atoms with Gasteiger partial charge in [0.2, 0.25) is 0 Å². The number of halogens is 1. The second-order valence-electron chi connectivity index (χ2n) is 0.448. The van der Waals surface area contributed by atoms with Crippen LogP contribution in [0.1, 0.15) is 0 Å². The van der Waals surface area contributed by atoms with Crippen LogP contribution >= 0.6 is 24.0 Å². The van der Waals surface area contributed by atoms with Crippen molar-refractivity contribution in [3.05, 3.63) is 0 Å². The molecule has 9 heteroatoms. The molecule has 9 heavy (non-hydrogen) atoms. The Morgan fingerprint density at radius 2 is 0.889 bits per heavy atom. The standard InChI is InChI=1S/HI.3H3N.H2O4S/c;;;;1-5(2,3)4/h1H;3*1H3;(H2,1,2,3,4). The van der Waals surface area contributed by atoms with Gasteiger partial charge in [-0.2, -0.15) is 8.42 Å². The lowest BCUT2D eigenvalue weighted by atomic mass is 14.0. The van der Waals surface area contributed by atoms with Gasteiger partial charge in [0.25, 0.3) is 0 Å². The summed E-state index contributed by atoms with van der Waals surface area (Å²) in [6, 6.07) is 0. The lowest BCUT2D eigenvalue weighted by Gasteiger charge is -1.68. The molecule has 0 aliphatic rings. The predicted octanol–water partition coefficient (Wildman–Crippen LogP) is 0.451. The van der Waals surface area contributed by atoms with Gasteiger partial charge in [0, 0.05) is 0 Å². The van der Waals surface area contributed by atoms with Crippen LogP contribution < -0.4 is 18.5 Å². The van der Waals surface area contributed by atoms with Crippen molar-refractivity contribution in [2.75, 3.05) is 0 Å². The van der Waals surface area contributed by atoms with E-state index in [1.807, 2.05) is 0 Å². The van der Waals surface area contributed by atoms with Crippen LogP contribution in [0.4, 0.5) is 0 Å². The molecule has 0 atom stereocenters. The molecule has 0 fully saturated rings. The quantitative estimate of drug-likeness (QED) is 0.314. The highest BCUT2D eigenvalue weighted by molar-refractivity contribution is 14.0. The largest absolute Gasteiger partial charge is 0.394 e. The summed E-state index contributed by atoms with van der Waals surface area (Å²) in [7, 11) is -4.67. The maximum Gasteiger partial charge on any atom is 0.394 e. The van der Waals surface area contributed by atoms with Crippen molar-refractivity contribution in [3.63, 3.8) is 0 Å². The SMILES string of the molecule is I.N.N.N.O=S(=O)(O)O. The van der Waals surface area contributed by atoms with E-state index in [2.05, 4.69) is 0 Å². The minimum Gasteiger partial charge on any atom is -0.344 e. The summed E-state index contributed by atoms with van der Waals surface area (Å²) in [5, 5.41) is 0. The Bertz CT molecular complexity index is 99.0. The van der Waals surface area contributed by atoms with Crippen molar-refractivity contribution in [2.45, 2.75) is 0 Å². The van der Waals surface area contributed by atoms with E-state index in [9.17, 15) is 0 Å². The van der Waals surface area contributed by atoms with Crippen LogP contribution in [0.2, 0.25) is 0 Å². The minimum absolute atomic E-state index is 0. The molecule has 0 aliphatic carbocycles. The van der Waals surface area contributed by atoms with Crippen molar-refractivity contribution in [3.8, 4) is 0 Å². The first-order valence-electron chi connectivity index (χ1n) is 0.698. The average molecular weight is 277 g/mol. The van der Waals surface area contributed by atoms with E-state index < -0.39 is 10.4 Å². The smallest absolute Gasteiger partial charge is 0.344 e. The molecule has 0 radical (unpaired) electrons. The summed E-state index contributed by atoms with van der Waals surface area (Å²) in [5.74, 6) is 0. The molecular weight excluding hydrogens is 265 g/mol. The predicted molar refractivity (Wildman–Crippen MR) is 44.7 cm³/mol. The molecule has 0 saturated heterocycles. The molecule has 0 amide bonds. The number of hydrogen-bond donors (Lipinski definition) is 5. The fraction of sp³-hybridized carbons (Fsp3) is 0. The highest BCUT2D eigenvalue weighted by atomic mass is 127. The maximum atomic E-state index is 8.74. The first kappa shape index (κ1) is 34.0. The van der Waals surface area contributed by atoms with Crippen molar-refractivity contribution in [2.24, 2.45) is 0 Å². The molecule has 11 N–H and O–H groups in total. The van der Waals surface area contributed by atoms with E-state index in [0.717, 1.165) is 0 Å². The molecular formula is H12IN3O4S. The zero-order valence-electron chi connectivity index (χ0n) is 4.65. The van der Waals surface area contributed by atoms with Gasteiger partial charge in [0.1, 0.15) is 0 Å². The van der Waals surface area contributed by atoms with Gasteiger partial charge in [-0.05, 0) is 0 Å². The fourth-order valence-electron chi connectivity index (χ4n) is 0. The zero-order chi connectivity index (χ0) is 4.50. The summed E-state index contributed by atoms with van der Waals surface area (Å²) >= 11 is 0. The van der Waals surface area contributed by atoms with Crippen LogP contribution in [0.3, 0.4) is 0 Å². The second-order valence-corrected chi connectivity index (χ2v) is 1.34. The van der Waals surface area contributed by atoms with Crippen molar-refractivity contribution in [1.82, 2.24) is 18.5 Å². The van der Waals surface area contributed by atoms with E-state index in [0.29, 0.717) is 0 Å². The molecule has 7 nitrogen and oxygen atoms in total. The molecule has 0 saturated carbocycles. The van der Waals surface area contributed by atoms with Crippen molar-refractivity contribution in [1.29, 1.82) is 0 Å². The van der Waals surface area contributed by atoms with E-state index in [-0.39, 0.29) is 42.4 Å².